The van der Waals surface area contributed by atoms with Gasteiger partial charge in [0.25, 0.3) is 0 Å². The van der Waals surface area contributed by atoms with Crippen LogP contribution >= 0.6 is 0 Å². The van der Waals surface area contributed by atoms with Crippen molar-refractivity contribution in [1.29, 1.82) is 0 Å². The molecular weight excluding hydrogens is 511 g/mol. The van der Waals surface area contributed by atoms with E-state index in [1.807, 2.05) is 12.1 Å². The van der Waals surface area contributed by atoms with E-state index in [-0.39, 0.29) is 11.6 Å². The predicted molar refractivity (Wildman–Crippen MR) is 146 cm³/mol. The summed E-state index contributed by atoms with van der Waals surface area (Å²) >= 11 is 0. The van der Waals surface area contributed by atoms with Crippen LogP contribution in [0.3, 0.4) is 0 Å². The van der Waals surface area contributed by atoms with Crippen molar-refractivity contribution in [3.05, 3.63) is 66.9 Å². The minimum Gasteiger partial charge on any atom is -0.494 e. The number of nitrogens with one attached hydrogen (secondary N) is 3. The van der Waals surface area contributed by atoms with Crippen LogP contribution in [0, 0.1) is 0 Å². The SMILES string of the molecule is C=CC(=O)Nc1cccc(Nc2nc(Nc3ccc(N4CC[C@@H](N(C)C)C4)cc3OC)ncc2C(F)(F)F)c1. The van der Waals surface area contributed by atoms with Crippen LogP contribution in [0.15, 0.2) is 61.3 Å². The summed E-state index contributed by atoms with van der Waals surface area (Å²) in [6, 6.07) is 12.3. The number of ether oxygens (including phenoxy) is 1. The summed E-state index contributed by atoms with van der Waals surface area (Å²) < 4.78 is 46.8. The molecule has 1 fully saturated rings. The van der Waals surface area contributed by atoms with E-state index >= 15 is 0 Å². The third kappa shape index (κ3) is 6.77. The van der Waals surface area contributed by atoms with Crippen molar-refractivity contribution in [3.8, 4) is 5.75 Å². The lowest BCUT2D eigenvalue weighted by atomic mass is 10.2. The molecule has 206 valence electrons. The van der Waals surface area contributed by atoms with Crippen molar-refractivity contribution in [2.24, 2.45) is 0 Å². The summed E-state index contributed by atoms with van der Waals surface area (Å²) in [5.41, 5.74) is 1.12. The van der Waals surface area contributed by atoms with Gasteiger partial charge in [-0.3, -0.25) is 4.79 Å². The highest BCUT2D eigenvalue weighted by molar-refractivity contribution is 5.99. The second-order valence-corrected chi connectivity index (χ2v) is 9.21. The number of carbonyl (C=O) groups is 1. The van der Waals surface area contributed by atoms with Gasteiger partial charge in [-0.05, 0) is 56.9 Å². The Hall–Kier alpha value is -4.32. The van der Waals surface area contributed by atoms with E-state index in [0.29, 0.717) is 29.4 Å². The Bertz CT molecular complexity index is 1350. The number of benzene rings is 2. The van der Waals surface area contributed by atoms with Gasteiger partial charge in [0.1, 0.15) is 17.1 Å². The van der Waals surface area contributed by atoms with Gasteiger partial charge in [-0.25, -0.2) is 4.98 Å². The first-order valence-electron chi connectivity index (χ1n) is 12.2. The average molecular weight is 542 g/mol. The Balaban J connectivity index is 1.59. The number of rotatable bonds is 9. The van der Waals surface area contributed by atoms with Gasteiger partial charge in [0, 0.05) is 48.5 Å². The zero-order chi connectivity index (χ0) is 28.2. The van der Waals surface area contributed by atoms with E-state index in [1.54, 1.807) is 24.3 Å². The molecule has 1 aliphatic rings. The monoisotopic (exact) mass is 541 g/mol. The summed E-state index contributed by atoms with van der Waals surface area (Å²) in [7, 11) is 5.65. The largest absolute Gasteiger partial charge is 0.494 e. The molecule has 1 atom stereocenters. The van der Waals surface area contributed by atoms with E-state index in [2.05, 4.69) is 56.4 Å². The van der Waals surface area contributed by atoms with Crippen molar-refractivity contribution < 1.29 is 22.7 Å². The smallest absolute Gasteiger partial charge is 0.421 e. The Morgan fingerprint density at radius 1 is 1.18 bits per heavy atom. The molecule has 3 N–H and O–H groups in total. The predicted octanol–water partition coefficient (Wildman–Crippen LogP) is 5.26. The van der Waals surface area contributed by atoms with Crippen molar-refractivity contribution in [2.75, 3.05) is 55.1 Å². The quantitative estimate of drug-likeness (QED) is 0.316. The lowest BCUT2D eigenvalue weighted by Crippen LogP contribution is -2.31. The van der Waals surface area contributed by atoms with Gasteiger partial charge in [-0.15, -0.1) is 0 Å². The van der Waals surface area contributed by atoms with Gasteiger partial charge in [0.15, 0.2) is 0 Å². The van der Waals surface area contributed by atoms with Crippen LogP contribution in [0.1, 0.15) is 12.0 Å². The number of anilines is 6. The molecule has 12 heteroatoms. The van der Waals surface area contributed by atoms with Crippen molar-refractivity contribution in [2.45, 2.75) is 18.6 Å². The summed E-state index contributed by atoms with van der Waals surface area (Å²) in [6.45, 7) is 5.18. The number of methoxy groups -OCH3 is 1. The Kier molecular flexibility index (Phi) is 8.24. The number of alkyl halides is 3. The highest BCUT2D eigenvalue weighted by atomic mass is 19.4. The van der Waals surface area contributed by atoms with Gasteiger partial charge in [-0.1, -0.05) is 12.6 Å². The Morgan fingerprint density at radius 2 is 1.95 bits per heavy atom. The summed E-state index contributed by atoms with van der Waals surface area (Å²) in [4.78, 5) is 24.1. The van der Waals surface area contributed by atoms with E-state index in [4.69, 9.17) is 4.74 Å². The van der Waals surface area contributed by atoms with Crippen LogP contribution in [0.5, 0.6) is 5.75 Å². The number of aromatic nitrogens is 2. The van der Waals surface area contributed by atoms with Gasteiger partial charge < -0.3 is 30.5 Å². The summed E-state index contributed by atoms with van der Waals surface area (Å²) in [6.07, 6.45) is -1.84. The first-order chi connectivity index (χ1) is 18.6. The number of nitrogens with zero attached hydrogens (tertiary/aromatic N) is 4. The minimum atomic E-state index is -4.70. The van der Waals surface area contributed by atoms with E-state index in [9.17, 15) is 18.0 Å². The van der Waals surface area contributed by atoms with Crippen molar-refractivity contribution in [1.82, 2.24) is 14.9 Å². The summed E-state index contributed by atoms with van der Waals surface area (Å²) in [5.74, 6) is -0.445. The average Bonchev–Trinajstić information content (AvgIpc) is 3.39. The van der Waals surface area contributed by atoms with Crippen LogP contribution in [-0.2, 0) is 11.0 Å². The highest BCUT2D eigenvalue weighted by Gasteiger charge is 2.35. The zero-order valence-corrected chi connectivity index (χ0v) is 21.8. The molecule has 9 nitrogen and oxygen atoms in total. The molecular formula is C27H30F3N7O2. The van der Waals surface area contributed by atoms with Gasteiger partial charge in [0.05, 0.1) is 12.8 Å². The summed E-state index contributed by atoms with van der Waals surface area (Å²) in [5, 5.41) is 8.23. The van der Waals surface area contributed by atoms with Crippen molar-refractivity contribution in [3.63, 3.8) is 0 Å². The van der Waals surface area contributed by atoms with Gasteiger partial charge >= 0.3 is 6.18 Å². The van der Waals surface area contributed by atoms with Crippen LogP contribution in [-0.4, -0.2) is 61.1 Å². The molecule has 0 spiro atoms. The maximum absolute atomic E-state index is 13.8. The van der Waals surface area contributed by atoms with E-state index < -0.39 is 23.5 Å². The van der Waals surface area contributed by atoms with Crippen LogP contribution < -0.4 is 25.6 Å². The fourth-order valence-corrected chi connectivity index (χ4v) is 4.25. The normalized spacial score (nSPS) is 15.3. The molecule has 3 aromatic rings. The molecule has 0 saturated carbocycles. The number of hydrogen-bond acceptors (Lipinski definition) is 8. The molecule has 2 aromatic carbocycles. The van der Waals surface area contributed by atoms with Crippen LogP contribution in [0.4, 0.5) is 47.7 Å². The maximum Gasteiger partial charge on any atom is 0.421 e. The van der Waals surface area contributed by atoms with Crippen LogP contribution in [0.2, 0.25) is 0 Å². The maximum atomic E-state index is 13.8. The molecule has 0 radical (unpaired) electrons. The molecule has 1 saturated heterocycles. The van der Waals surface area contributed by atoms with E-state index in [1.165, 1.54) is 13.2 Å². The van der Waals surface area contributed by atoms with Crippen LogP contribution in [0.25, 0.3) is 0 Å². The standard InChI is InChI=1S/C27H30F3N7O2/c1-5-24(38)32-17-7-6-8-18(13-17)33-25-21(27(28,29)30)15-31-26(35-25)34-22-10-9-19(14-23(22)39-4)37-12-11-20(16-37)36(2)3/h5-10,13-15,20H,1,11-12,16H2,2-4H3,(H,32,38)(H2,31,33,34,35)/t20-/m1/s1. The molecule has 0 bridgehead atoms. The molecule has 1 aromatic heterocycles. The number of amides is 1. The number of halogens is 3. The number of hydrogen-bond donors (Lipinski definition) is 3. The highest BCUT2D eigenvalue weighted by Crippen LogP contribution is 2.37. The molecule has 39 heavy (non-hydrogen) atoms. The molecule has 0 unspecified atom stereocenters. The number of likely N-dealkylation sites (N-methyl/N-ethyl adjacent to an activating group) is 1. The first kappa shape index (κ1) is 27.7. The zero-order valence-electron chi connectivity index (χ0n) is 21.8. The Labute approximate surface area is 224 Å². The molecule has 2 heterocycles. The topological polar surface area (TPSA) is 94.6 Å². The Morgan fingerprint density at radius 3 is 2.62 bits per heavy atom. The lowest BCUT2D eigenvalue weighted by molar-refractivity contribution is -0.137. The third-order valence-electron chi connectivity index (χ3n) is 6.36. The second kappa shape index (κ2) is 11.6. The minimum absolute atomic E-state index is 0.0542. The molecule has 0 aliphatic carbocycles. The fraction of sp³-hybridized carbons (Fsp3) is 0.296. The second-order valence-electron chi connectivity index (χ2n) is 9.21. The van der Waals surface area contributed by atoms with Crippen molar-refractivity contribution >= 4 is 40.4 Å². The van der Waals surface area contributed by atoms with Gasteiger partial charge in [-0.2, -0.15) is 18.2 Å². The molecule has 1 aliphatic heterocycles. The molecule has 4 rings (SSSR count). The molecule has 1 amide bonds. The number of carbonyl (C=O) groups excluding carboxylic acids is 1. The first-order valence-corrected chi connectivity index (χ1v) is 12.2. The van der Waals surface area contributed by atoms with E-state index in [0.717, 1.165) is 31.3 Å². The fourth-order valence-electron chi connectivity index (χ4n) is 4.25. The van der Waals surface area contributed by atoms with Gasteiger partial charge in [0.2, 0.25) is 11.9 Å². The lowest BCUT2D eigenvalue weighted by Gasteiger charge is -2.23. The third-order valence-corrected chi connectivity index (χ3v) is 6.36.